The van der Waals surface area contributed by atoms with Gasteiger partial charge in [0.05, 0.1) is 0 Å². The number of rotatable bonds is 4. The largest absolute Gasteiger partial charge is 0.325 e. The number of nitrogens with two attached hydrogens (primary N) is 1. The van der Waals surface area contributed by atoms with Crippen LogP contribution in [0.5, 0.6) is 0 Å². The summed E-state index contributed by atoms with van der Waals surface area (Å²) in [5.41, 5.74) is 2.29. The molecule has 0 atom stereocenters. The summed E-state index contributed by atoms with van der Waals surface area (Å²) in [6.07, 6.45) is 1.82. The summed E-state index contributed by atoms with van der Waals surface area (Å²) in [6.45, 7) is 2.53. The van der Waals surface area contributed by atoms with Crippen LogP contribution in [0, 0.1) is 17.5 Å². The zero-order valence-corrected chi connectivity index (χ0v) is 9.93. The van der Waals surface area contributed by atoms with Crippen molar-refractivity contribution in [3.8, 4) is 0 Å². The Hall–Kier alpha value is -1.76. The fourth-order valence-electron chi connectivity index (χ4n) is 1.23. The lowest BCUT2D eigenvalue weighted by Gasteiger charge is -2.09. The van der Waals surface area contributed by atoms with E-state index in [9.17, 15) is 13.2 Å². The fourth-order valence-corrected chi connectivity index (χ4v) is 1.23. The Balaban J connectivity index is 2.79. The van der Waals surface area contributed by atoms with Crippen LogP contribution in [0.4, 0.5) is 18.9 Å². The molecule has 0 aliphatic rings. The number of nitrogens with one attached hydrogen (secondary N) is 2. The monoisotopic (exact) mass is 260 g/mol. The molecule has 0 spiro atoms. The Morgan fingerprint density at radius 2 is 1.89 bits per heavy atom. The predicted octanol–water partition coefficient (Wildman–Crippen LogP) is 2.14. The first-order valence-electron chi connectivity index (χ1n) is 5.51. The van der Waals surface area contributed by atoms with Crippen LogP contribution in [0.25, 0.3) is 0 Å². The van der Waals surface area contributed by atoms with Crippen LogP contribution in [0.15, 0.2) is 17.1 Å². The zero-order valence-electron chi connectivity index (χ0n) is 9.93. The van der Waals surface area contributed by atoms with E-state index in [-0.39, 0.29) is 11.6 Å². The van der Waals surface area contributed by atoms with Gasteiger partial charge in [-0.3, -0.25) is 10.4 Å². The molecule has 100 valence electrons. The third kappa shape index (κ3) is 3.92. The molecule has 0 fully saturated rings. The highest BCUT2D eigenvalue weighted by atomic mass is 19.2. The van der Waals surface area contributed by atoms with Gasteiger partial charge in [0.1, 0.15) is 0 Å². The van der Waals surface area contributed by atoms with Crippen molar-refractivity contribution in [1.82, 2.24) is 5.43 Å². The van der Waals surface area contributed by atoms with E-state index in [1.165, 1.54) is 0 Å². The van der Waals surface area contributed by atoms with Crippen LogP contribution in [0.2, 0.25) is 0 Å². The van der Waals surface area contributed by atoms with Crippen molar-refractivity contribution >= 4 is 11.6 Å². The van der Waals surface area contributed by atoms with Crippen LogP contribution < -0.4 is 16.6 Å². The van der Waals surface area contributed by atoms with E-state index in [4.69, 9.17) is 5.84 Å². The molecule has 1 aromatic rings. The lowest BCUT2D eigenvalue weighted by atomic mass is 10.3. The van der Waals surface area contributed by atoms with E-state index in [0.717, 1.165) is 25.0 Å². The molecular formula is C11H15F3N4. The van der Waals surface area contributed by atoms with Gasteiger partial charge in [0.15, 0.2) is 17.5 Å². The number of anilines is 1. The number of hydrazine groups is 1. The normalized spacial score (nSPS) is 11.5. The van der Waals surface area contributed by atoms with E-state index >= 15 is 0 Å². The number of aliphatic imine (C=N–C) groups is 1. The van der Waals surface area contributed by atoms with Gasteiger partial charge in [0.25, 0.3) is 0 Å². The third-order valence-corrected chi connectivity index (χ3v) is 2.16. The van der Waals surface area contributed by atoms with Gasteiger partial charge in [0, 0.05) is 24.4 Å². The van der Waals surface area contributed by atoms with Gasteiger partial charge in [0.2, 0.25) is 5.96 Å². The first-order valence-corrected chi connectivity index (χ1v) is 5.51. The molecule has 4 N–H and O–H groups in total. The third-order valence-electron chi connectivity index (χ3n) is 2.16. The molecule has 0 aromatic heterocycles. The molecule has 18 heavy (non-hydrogen) atoms. The first-order chi connectivity index (χ1) is 8.58. The quantitative estimate of drug-likeness (QED) is 0.194. The molecule has 0 unspecified atom stereocenters. The Morgan fingerprint density at radius 1 is 1.28 bits per heavy atom. The minimum Gasteiger partial charge on any atom is -0.325 e. The summed E-state index contributed by atoms with van der Waals surface area (Å²) in [5, 5.41) is 2.56. The number of guanidine groups is 1. The van der Waals surface area contributed by atoms with Crippen LogP contribution in [-0.4, -0.2) is 12.5 Å². The SMILES string of the molecule is CCCCN=C(NN)Nc1cc(F)c(F)c(F)c1. The Morgan fingerprint density at radius 3 is 2.39 bits per heavy atom. The molecule has 0 heterocycles. The van der Waals surface area contributed by atoms with E-state index in [2.05, 4.69) is 15.7 Å². The second-order valence-electron chi connectivity index (χ2n) is 3.61. The number of halogens is 3. The molecule has 0 aliphatic carbocycles. The molecule has 0 bridgehead atoms. The summed E-state index contributed by atoms with van der Waals surface area (Å²) in [7, 11) is 0. The van der Waals surface area contributed by atoms with Crippen LogP contribution >= 0.6 is 0 Å². The van der Waals surface area contributed by atoms with Crippen LogP contribution in [-0.2, 0) is 0 Å². The molecule has 0 saturated carbocycles. The highest BCUT2D eigenvalue weighted by Crippen LogP contribution is 2.17. The standard InChI is InChI=1S/C11H15F3N4/c1-2-3-4-16-11(18-15)17-7-5-8(12)10(14)9(13)6-7/h5-6H,2-4,15H2,1H3,(H2,16,17,18). The van der Waals surface area contributed by atoms with Crippen LogP contribution in [0.3, 0.4) is 0 Å². The number of benzene rings is 1. The number of unbranched alkanes of at least 4 members (excludes halogenated alkanes) is 1. The summed E-state index contributed by atoms with van der Waals surface area (Å²) in [6, 6.07) is 1.65. The van der Waals surface area contributed by atoms with Crippen molar-refractivity contribution in [2.45, 2.75) is 19.8 Å². The van der Waals surface area contributed by atoms with Gasteiger partial charge in [-0.2, -0.15) is 0 Å². The smallest absolute Gasteiger partial charge is 0.210 e. The van der Waals surface area contributed by atoms with Gasteiger partial charge >= 0.3 is 0 Å². The van der Waals surface area contributed by atoms with E-state index in [1.807, 2.05) is 6.92 Å². The topological polar surface area (TPSA) is 62.4 Å². The second-order valence-corrected chi connectivity index (χ2v) is 3.61. The van der Waals surface area contributed by atoms with Crippen molar-refractivity contribution < 1.29 is 13.2 Å². The molecule has 7 heteroatoms. The Bertz CT molecular complexity index is 411. The first kappa shape index (κ1) is 14.3. The maximum Gasteiger partial charge on any atom is 0.210 e. The Labute approximate surface area is 103 Å². The number of hydrogen-bond donors (Lipinski definition) is 3. The molecule has 0 radical (unpaired) electrons. The fraction of sp³-hybridized carbons (Fsp3) is 0.364. The second kappa shape index (κ2) is 6.85. The molecule has 1 aromatic carbocycles. The van der Waals surface area contributed by atoms with Gasteiger partial charge in [-0.25, -0.2) is 19.0 Å². The summed E-state index contributed by atoms with van der Waals surface area (Å²) in [5.74, 6) is 1.31. The van der Waals surface area contributed by atoms with E-state index in [0.29, 0.717) is 6.54 Å². The van der Waals surface area contributed by atoms with E-state index < -0.39 is 17.5 Å². The van der Waals surface area contributed by atoms with Gasteiger partial charge in [-0.1, -0.05) is 13.3 Å². The van der Waals surface area contributed by atoms with Crippen molar-refractivity contribution in [1.29, 1.82) is 0 Å². The van der Waals surface area contributed by atoms with Crippen LogP contribution in [0.1, 0.15) is 19.8 Å². The highest BCUT2D eigenvalue weighted by molar-refractivity contribution is 5.93. The lowest BCUT2D eigenvalue weighted by Crippen LogP contribution is -2.36. The predicted molar refractivity (Wildman–Crippen MR) is 64.5 cm³/mol. The van der Waals surface area contributed by atoms with Gasteiger partial charge < -0.3 is 5.32 Å². The molecule has 0 saturated heterocycles. The Kier molecular flexibility index (Phi) is 5.44. The minimum atomic E-state index is -1.51. The minimum absolute atomic E-state index is 0.0274. The molecule has 4 nitrogen and oxygen atoms in total. The van der Waals surface area contributed by atoms with Gasteiger partial charge in [-0.05, 0) is 6.42 Å². The molecule has 1 rings (SSSR count). The highest BCUT2D eigenvalue weighted by Gasteiger charge is 2.11. The van der Waals surface area contributed by atoms with Crippen molar-refractivity contribution in [3.05, 3.63) is 29.6 Å². The number of hydrogen-bond acceptors (Lipinski definition) is 2. The van der Waals surface area contributed by atoms with Gasteiger partial charge in [-0.15, -0.1) is 0 Å². The van der Waals surface area contributed by atoms with Crippen molar-refractivity contribution in [3.63, 3.8) is 0 Å². The summed E-state index contributed by atoms with van der Waals surface area (Å²) < 4.78 is 38.6. The average molecular weight is 260 g/mol. The molecular weight excluding hydrogens is 245 g/mol. The maximum atomic E-state index is 13.0. The maximum absolute atomic E-state index is 13.0. The summed E-state index contributed by atoms with van der Waals surface area (Å²) in [4.78, 5) is 4.04. The molecule has 0 aliphatic heterocycles. The van der Waals surface area contributed by atoms with Crippen molar-refractivity contribution in [2.75, 3.05) is 11.9 Å². The average Bonchev–Trinajstić information content (AvgIpc) is 2.34. The number of nitrogens with zero attached hydrogens (tertiary/aromatic N) is 1. The summed E-state index contributed by atoms with van der Waals surface area (Å²) >= 11 is 0. The van der Waals surface area contributed by atoms with E-state index in [1.54, 1.807) is 0 Å². The molecule has 0 amide bonds. The zero-order chi connectivity index (χ0) is 13.5. The lowest BCUT2D eigenvalue weighted by molar-refractivity contribution is 0.448. The van der Waals surface area contributed by atoms with Crippen molar-refractivity contribution in [2.24, 2.45) is 10.8 Å².